The smallest absolute Gasteiger partial charge is 0.0256 e. The molecule has 4 aliphatic rings. The number of hydrogen-bond donors (Lipinski definition) is 0. The standard InChI is InChI=1S/C29H52N2/c1-25(31(28-20-10-4-11-21-28)29-22-12-5-13-23-29)15-14-24-30(26-16-6-2-7-17-26)27-18-8-3-9-19-27/h14-15,25-29H,2-13,16-24H2,1H3. The van der Waals surface area contributed by atoms with Gasteiger partial charge in [0.1, 0.15) is 0 Å². The van der Waals surface area contributed by atoms with Crippen LogP contribution >= 0.6 is 0 Å². The predicted molar refractivity (Wildman–Crippen MR) is 135 cm³/mol. The maximum absolute atomic E-state index is 3.00. The third-order valence-electron chi connectivity index (χ3n) is 9.28. The second-order valence-electron chi connectivity index (χ2n) is 11.5. The van der Waals surface area contributed by atoms with Crippen LogP contribution in [0.1, 0.15) is 135 Å². The van der Waals surface area contributed by atoms with E-state index in [0.717, 1.165) is 24.2 Å². The zero-order valence-electron chi connectivity index (χ0n) is 20.8. The summed E-state index contributed by atoms with van der Waals surface area (Å²) in [6.07, 6.45) is 34.4. The number of rotatable bonds is 8. The van der Waals surface area contributed by atoms with Crippen molar-refractivity contribution in [3.05, 3.63) is 12.2 Å². The van der Waals surface area contributed by atoms with Crippen molar-refractivity contribution in [2.45, 2.75) is 166 Å². The minimum absolute atomic E-state index is 0.616. The Hall–Kier alpha value is -0.340. The summed E-state index contributed by atoms with van der Waals surface area (Å²) in [7, 11) is 0. The van der Waals surface area contributed by atoms with Gasteiger partial charge in [-0.15, -0.1) is 0 Å². The minimum Gasteiger partial charge on any atom is -0.294 e. The molecule has 4 rings (SSSR count). The van der Waals surface area contributed by atoms with Crippen LogP contribution in [0.25, 0.3) is 0 Å². The summed E-state index contributed by atoms with van der Waals surface area (Å²) >= 11 is 0. The maximum atomic E-state index is 3.00. The second-order valence-corrected chi connectivity index (χ2v) is 11.5. The topological polar surface area (TPSA) is 6.48 Å². The van der Waals surface area contributed by atoms with Gasteiger partial charge < -0.3 is 0 Å². The van der Waals surface area contributed by atoms with E-state index in [9.17, 15) is 0 Å². The monoisotopic (exact) mass is 428 g/mol. The maximum Gasteiger partial charge on any atom is 0.0256 e. The zero-order chi connectivity index (χ0) is 21.3. The van der Waals surface area contributed by atoms with Crippen LogP contribution < -0.4 is 0 Å². The van der Waals surface area contributed by atoms with E-state index >= 15 is 0 Å². The van der Waals surface area contributed by atoms with Crippen molar-refractivity contribution in [2.75, 3.05) is 6.54 Å². The third-order valence-corrected chi connectivity index (χ3v) is 9.28. The highest BCUT2D eigenvalue weighted by Crippen LogP contribution is 2.33. The highest BCUT2D eigenvalue weighted by molar-refractivity contribution is 5.00. The van der Waals surface area contributed by atoms with Crippen molar-refractivity contribution in [1.29, 1.82) is 0 Å². The molecule has 0 radical (unpaired) electrons. The molecule has 4 aliphatic carbocycles. The fourth-order valence-corrected chi connectivity index (χ4v) is 7.62. The average molecular weight is 429 g/mol. The third kappa shape index (κ3) is 6.83. The molecule has 0 aromatic heterocycles. The molecular formula is C29H52N2. The SMILES string of the molecule is CC(C=CCN(C1CCCCC1)C1CCCCC1)N(C1CCCCC1)C1CCCCC1. The Labute approximate surface area is 194 Å². The van der Waals surface area contributed by atoms with Crippen molar-refractivity contribution in [3.8, 4) is 0 Å². The van der Waals surface area contributed by atoms with Gasteiger partial charge in [-0.1, -0.05) is 89.2 Å². The molecular weight excluding hydrogens is 376 g/mol. The molecule has 0 aromatic carbocycles. The van der Waals surface area contributed by atoms with Crippen LogP contribution in [0.3, 0.4) is 0 Å². The first-order valence-corrected chi connectivity index (χ1v) is 14.5. The molecule has 2 nitrogen and oxygen atoms in total. The summed E-state index contributed by atoms with van der Waals surface area (Å²) in [4.78, 5) is 5.97. The normalized spacial score (nSPS) is 27.5. The van der Waals surface area contributed by atoms with Crippen LogP contribution in [0.4, 0.5) is 0 Å². The van der Waals surface area contributed by atoms with E-state index in [1.54, 1.807) is 0 Å². The van der Waals surface area contributed by atoms with E-state index < -0.39 is 0 Å². The molecule has 0 aliphatic heterocycles. The quantitative estimate of drug-likeness (QED) is 0.363. The van der Waals surface area contributed by atoms with Gasteiger partial charge in [-0.2, -0.15) is 0 Å². The Morgan fingerprint density at radius 2 is 0.903 bits per heavy atom. The fraction of sp³-hybridized carbons (Fsp3) is 0.931. The molecule has 0 N–H and O–H groups in total. The van der Waals surface area contributed by atoms with Crippen LogP contribution in [0.15, 0.2) is 12.2 Å². The molecule has 31 heavy (non-hydrogen) atoms. The van der Waals surface area contributed by atoms with Gasteiger partial charge in [-0.25, -0.2) is 0 Å². The Kier molecular flexibility index (Phi) is 9.81. The van der Waals surface area contributed by atoms with E-state index in [4.69, 9.17) is 0 Å². The molecule has 1 atom stereocenters. The molecule has 0 heterocycles. The van der Waals surface area contributed by atoms with Crippen molar-refractivity contribution >= 4 is 0 Å². The number of hydrogen-bond acceptors (Lipinski definition) is 2. The second kappa shape index (κ2) is 12.8. The van der Waals surface area contributed by atoms with Crippen molar-refractivity contribution in [2.24, 2.45) is 0 Å². The summed E-state index contributed by atoms with van der Waals surface area (Å²) in [5.41, 5.74) is 0. The number of nitrogens with zero attached hydrogens (tertiary/aromatic N) is 2. The van der Waals surface area contributed by atoms with Gasteiger partial charge in [0.05, 0.1) is 0 Å². The van der Waals surface area contributed by atoms with E-state index in [0.29, 0.717) is 6.04 Å². The zero-order valence-corrected chi connectivity index (χ0v) is 20.8. The molecule has 0 spiro atoms. The highest BCUT2D eigenvalue weighted by Gasteiger charge is 2.32. The predicted octanol–water partition coefficient (Wildman–Crippen LogP) is 7.87. The molecule has 4 fully saturated rings. The van der Waals surface area contributed by atoms with Gasteiger partial charge in [-0.3, -0.25) is 9.80 Å². The van der Waals surface area contributed by atoms with Crippen molar-refractivity contribution in [1.82, 2.24) is 9.80 Å². The summed E-state index contributed by atoms with van der Waals surface area (Å²) in [6.45, 7) is 3.73. The van der Waals surface area contributed by atoms with Gasteiger partial charge in [-0.05, 0) is 58.3 Å². The first-order chi connectivity index (χ1) is 15.3. The van der Waals surface area contributed by atoms with Crippen LogP contribution in [0.2, 0.25) is 0 Å². The van der Waals surface area contributed by atoms with Gasteiger partial charge >= 0.3 is 0 Å². The van der Waals surface area contributed by atoms with Crippen LogP contribution in [-0.2, 0) is 0 Å². The Morgan fingerprint density at radius 3 is 1.29 bits per heavy atom. The van der Waals surface area contributed by atoms with Gasteiger partial charge in [0, 0.05) is 36.8 Å². The van der Waals surface area contributed by atoms with Crippen LogP contribution in [0, 0.1) is 0 Å². The first kappa shape index (κ1) is 23.8. The summed E-state index contributed by atoms with van der Waals surface area (Å²) < 4.78 is 0. The van der Waals surface area contributed by atoms with E-state index in [-0.39, 0.29) is 0 Å². The fourth-order valence-electron chi connectivity index (χ4n) is 7.62. The lowest BCUT2D eigenvalue weighted by Crippen LogP contribution is -2.49. The summed E-state index contributed by atoms with van der Waals surface area (Å²) in [6, 6.07) is 4.05. The lowest BCUT2D eigenvalue weighted by atomic mass is 9.87. The molecule has 1 unspecified atom stereocenters. The van der Waals surface area contributed by atoms with Crippen LogP contribution in [-0.4, -0.2) is 46.6 Å². The lowest BCUT2D eigenvalue weighted by Gasteiger charge is -2.44. The van der Waals surface area contributed by atoms with Gasteiger partial charge in [0.25, 0.3) is 0 Å². The van der Waals surface area contributed by atoms with Crippen molar-refractivity contribution < 1.29 is 0 Å². The molecule has 0 bridgehead atoms. The average Bonchev–Trinajstić information content (AvgIpc) is 2.84. The van der Waals surface area contributed by atoms with E-state index in [1.807, 2.05) is 0 Å². The minimum atomic E-state index is 0.616. The Balaban J connectivity index is 1.40. The Bertz CT molecular complexity index is 469. The van der Waals surface area contributed by atoms with E-state index in [2.05, 4.69) is 28.9 Å². The Morgan fingerprint density at radius 1 is 0.548 bits per heavy atom. The van der Waals surface area contributed by atoms with Gasteiger partial charge in [0.15, 0.2) is 0 Å². The molecule has 0 aromatic rings. The lowest BCUT2D eigenvalue weighted by molar-refractivity contribution is 0.0606. The summed E-state index contributed by atoms with van der Waals surface area (Å²) in [5.74, 6) is 0. The van der Waals surface area contributed by atoms with E-state index in [1.165, 1.54) is 135 Å². The first-order valence-electron chi connectivity index (χ1n) is 14.5. The largest absolute Gasteiger partial charge is 0.294 e. The molecule has 178 valence electrons. The molecule has 0 saturated heterocycles. The summed E-state index contributed by atoms with van der Waals surface area (Å²) in [5, 5.41) is 0. The van der Waals surface area contributed by atoms with Crippen LogP contribution in [0.5, 0.6) is 0 Å². The molecule has 0 amide bonds. The van der Waals surface area contributed by atoms with Crippen molar-refractivity contribution in [3.63, 3.8) is 0 Å². The molecule has 4 saturated carbocycles. The van der Waals surface area contributed by atoms with Gasteiger partial charge in [0.2, 0.25) is 0 Å². The molecule has 2 heteroatoms. The highest BCUT2D eigenvalue weighted by atomic mass is 15.2.